The molecule has 1 aliphatic rings. The minimum Gasteiger partial charge on any atom is -0.382 e. The van der Waals surface area contributed by atoms with Crippen molar-refractivity contribution < 1.29 is 0 Å². The molecule has 1 fully saturated rings. The van der Waals surface area contributed by atoms with Gasteiger partial charge in [-0.05, 0) is 32.5 Å². The fraction of sp³-hybridized carbons (Fsp3) is 0.600. The zero-order chi connectivity index (χ0) is 14.4. The van der Waals surface area contributed by atoms with Gasteiger partial charge in [-0.1, -0.05) is 0 Å². The van der Waals surface area contributed by atoms with Crippen LogP contribution in [0.2, 0.25) is 0 Å². The average molecular weight is 273 g/mol. The van der Waals surface area contributed by atoms with Gasteiger partial charge in [0, 0.05) is 50.6 Å². The molecule has 0 spiro atoms. The lowest BCUT2D eigenvalue weighted by Crippen LogP contribution is -2.45. The quantitative estimate of drug-likeness (QED) is 0.878. The molecule has 20 heavy (non-hydrogen) atoms. The molecule has 0 aromatic carbocycles. The number of anilines is 1. The standard InChI is InChI=1S/C15H23N5/c1-13(4-6-20-9-7-19(2)8-10-20)18-14-3-5-17-15(11-14)12-16/h3,5,11,13H,4,6-10H2,1-2H3,(H,17,18). The number of pyridine rings is 1. The molecule has 0 radical (unpaired) electrons. The van der Waals surface area contributed by atoms with Crippen LogP contribution in [0.4, 0.5) is 5.69 Å². The first kappa shape index (κ1) is 14.8. The van der Waals surface area contributed by atoms with Crippen molar-refractivity contribution in [2.75, 3.05) is 45.1 Å². The highest BCUT2D eigenvalue weighted by molar-refractivity contribution is 5.46. The van der Waals surface area contributed by atoms with Crippen LogP contribution in [0.3, 0.4) is 0 Å². The number of aromatic nitrogens is 1. The highest BCUT2D eigenvalue weighted by Crippen LogP contribution is 2.11. The fourth-order valence-electron chi connectivity index (χ4n) is 2.39. The molecule has 0 bridgehead atoms. The fourth-order valence-corrected chi connectivity index (χ4v) is 2.39. The molecular weight excluding hydrogens is 250 g/mol. The predicted molar refractivity (Wildman–Crippen MR) is 80.6 cm³/mol. The first-order valence-electron chi connectivity index (χ1n) is 7.21. The van der Waals surface area contributed by atoms with Crippen LogP contribution in [0.5, 0.6) is 0 Å². The van der Waals surface area contributed by atoms with E-state index in [-0.39, 0.29) is 0 Å². The van der Waals surface area contributed by atoms with Crippen LogP contribution in [-0.4, -0.2) is 60.6 Å². The van der Waals surface area contributed by atoms with Gasteiger partial charge in [-0.25, -0.2) is 4.98 Å². The summed E-state index contributed by atoms with van der Waals surface area (Å²) in [5.41, 5.74) is 1.43. The third kappa shape index (κ3) is 4.48. The molecule has 1 saturated heterocycles. The molecule has 1 aromatic heterocycles. The Morgan fingerprint density at radius 2 is 2.15 bits per heavy atom. The van der Waals surface area contributed by atoms with Gasteiger partial charge in [0.15, 0.2) is 0 Å². The molecule has 1 aromatic rings. The summed E-state index contributed by atoms with van der Waals surface area (Å²) in [6.07, 6.45) is 2.78. The zero-order valence-corrected chi connectivity index (χ0v) is 12.3. The molecule has 1 N–H and O–H groups in total. The Labute approximate surface area is 121 Å². The van der Waals surface area contributed by atoms with E-state index in [0.717, 1.165) is 44.8 Å². The van der Waals surface area contributed by atoms with E-state index in [1.165, 1.54) is 0 Å². The third-order valence-electron chi connectivity index (χ3n) is 3.76. The number of hydrogen-bond donors (Lipinski definition) is 1. The van der Waals surface area contributed by atoms with Crippen molar-refractivity contribution in [3.8, 4) is 6.07 Å². The topological polar surface area (TPSA) is 55.2 Å². The van der Waals surface area contributed by atoms with Gasteiger partial charge in [0.05, 0.1) is 0 Å². The predicted octanol–water partition coefficient (Wildman–Crippen LogP) is 1.39. The molecule has 108 valence electrons. The van der Waals surface area contributed by atoms with Gasteiger partial charge in [-0.3, -0.25) is 0 Å². The van der Waals surface area contributed by atoms with E-state index in [4.69, 9.17) is 5.26 Å². The van der Waals surface area contributed by atoms with Crippen molar-refractivity contribution in [3.05, 3.63) is 24.0 Å². The normalized spacial score (nSPS) is 18.4. The van der Waals surface area contributed by atoms with E-state index < -0.39 is 0 Å². The van der Waals surface area contributed by atoms with E-state index in [0.29, 0.717) is 11.7 Å². The van der Waals surface area contributed by atoms with Crippen LogP contribution in [0, 0.1) is 11.3 Å². The lowest BCUT2D eigenvalue weighted by atomic mass is 10.2. The number of likely N-dealkylation sites (N-methyl/N-ethyl adjacent to an activating group) is 1. The van der Waals surface area contributed by atoms with Crippen LogP contribution in [0.1, 0.15) is 19.0 Å². The summed E-state index contributed by atoms with van der Waals surface area (Å²) >= 11 is 0. The number of nitrogens with zero attached hydrogens (tertiary/aromatic N) is 4. The molecule has 2 rings (SSSR count). The molecular formula is C15H23N5. The number of hydrogen-bond acceptors (Lipinski definition) is 5. The number of nitrogens with one attached hydrogen (secondary N) is 1. The van der Waals surface area contributed by atoms with Crippen molar-refractivity contribution in [2.45, 2.75) is 19.4 Å². The summed E-state index contributed by atoms with van der Waals surface area (Å²) < 4.78 is 0. The SMILES string of the molecule is CC(CCN1CCN(C)CC1)Nc1ccnc(C#N)c1. The van der Waals surface area contributed by atoms with Crippen molar-refractivity contribution >= 4 is 5.69 Å². The Morgan fingerprint density at radius 1 is 1.40 bits per heavy atom. The van der Waals surface area contributed by atoms with Crippen molar-refractivity contribution in [1.82, 2.24) is 14.8 Å². The third-order valence-corrected chi connectivity index (χ3v) is 3.76. The second-order valence-corrected chi connectivity index (χ2v) is 5.52. The van der Waals surface area contributed by atoms with E-state index in [2.05, 4.69) is 40.1 Å². The van der Waals surface area contributed by atoms with Gasteiger partial charge in [0.2, 0.25) is 0 Å². The Hall–Kier alpha value is -1.64. The maximum atomic E-state index is 8.84. The summed E-state index contributed by atoms with van der Waals surface area (Å²) in [5, 5.41) is 12.3. The molecule has 5 heteroatoms. The second-order valence-electron chi connectivity index (χ2n) is 5.52. The molecule has 5 nitrogen and oxygen atoms in total. The van der Waals surface area contributed by atoms with E-state index >= 15 is 0 Å². The molecule has 0 aliphatic carbocycles. The first-order valence-corrected chi connectivity index (χ1v) is 7.21. The summed E-state index contributed by atoms with van der Waals surface area (Å²) in [4.78, 5) is 8.87. The van der Waals surface area contributed by atoms with Gasteiger partial charge in [-0.15, -0.1) is 0 Å². The largest absolute Gasteiger partial charge is 0.382 e. The Balaban J connectivity index is 1.75. The molecule has 0 saturated carbocycles. The van der Waals surface area contributed by atoms with Gasteiger partial charge < -0.3 is 15.1 Å². The Morgan fingerprint density at radius 3 is 2.85 bits per heavy atom. The maximum Gasteiger partial charge on any atom is 0.142 e. The minimum atomic E-state index is 0.392. The monoisotopic (exact) mass is 273 g/mol. The minimum absolute atomic E-state index is 0.392. The Bertz CT molecular complexity index is 460. The van der Waals surface area contributed by atoms with Crippen LogP contribution < -0.4 is 5.32 Å². The lowest BCUT2D eigenvalue weighted by Gasteiger charge is -2.33. The van der Waals surface area contributed by atoms with E-state index in [1.807, 2.05) is 6.07 Å². The van der Waals surface area contributed by atoms with E-state index in [1.54, 1.807) is 12.3 Å². The molecule has 1 unspecified atom stereocenters. The smallest absolute Gasteiger partial charge is 0.142 e. The number of piperazine rings is 1. The van der Waals surface area contributed by atoms with Crippen molar-refractivity contribution in [3.63, 3.8) is 0 Å². The summed E-state index contributed by atoms with van der Waals surface area (Å²) in [7, 11) is 2.18. The molecule has 1 atom stereocenters. The maximum absolute atomic E-state index is 8.84. The number of rotatable bonds is 5. The molecule has 0 amide bonds. The summed E-state index contributed by atoms with van der Waals surface area (Å²) in [6, 6.07) is 6.16. The second kappa shape index (κ2) is 7.22. The average Bonchev–Trinajstić information content (AvgIpc) is 2.47. The van der Waals surface area contributed by atoms with Gasteiger partial charge in [-0.2, -0.15) is 5.26 Å². The van der Waals surface area contributed by atoms with Crippen LogP contribution in [0.25, 0.3) is 0 Å². The molecule has 2 heterocycles. The Kier molecular flexibility index (Phi) is 5.33. The van der Waals surface area contributed by atoms with Gasteiger partial charge >= 0.3 is 0 Å². The van der Waals surface area contributed by atoms with E-state index in [9.17, 15) is 0 Å². The van der Waals surface area contributed by atoms with Crippen LogP contribution >= 0.6 is 0 Å². The highest BCUT2D eigenvalue weighted by Gasteiger charge is 2.14. The summed E-state index contributed by atoms with van der Waals surface area (Å²) in [6.45, 7) is 7.96. The van der Waals surface area contributed by atoms with Crippen LogP contribution in [-0.2, 0) is 0 Å². The zero-order valence-electron chi connectivity index (χ0n) is 12.3. The molecule has 1 aliphatic heterocycles. The first-order chi connectivity index (χ1) is 9.67. The van der Waals surface area contributed by atoms with Gasteiger partial charge in [0.25, 0.3) is 0 Å². The summed E-state index contributed by atoms with van der Waals surface area (Å²) in [5.74, 6) is 0. The highest BCUT2D eigenvalue weighted by atomic mass is 15.2. The van der Waals surface area contributed by atoms with Gasteiger partial charge in [0.1, 0.15) is 11.8 Å². The lowest BCUT2D eigenvalue weighted by molar-refractivity contribution is 0.151. The number of nitriles is 1. The van der Waals surface area contributed by atoms with Crippen molar-refractivity contribution in [1.29, 1.82) is 5.26 Å². The van der Waals surface area contributed by atoms with Crippen LogP contribution in [0.15, 0.2) is 18.3 Å². The van der Waals surface area contributed by atoms with Crippen molar-refractivity contribution in [2.24, 2.45) is 0 Å².